The highest BCUT2D eigenvalue weighted by Gasteiger charge is 2.22. The SMILES string of the molecule is CC(CO)C(C)NS(=O)(=O)c1cnn(CC(=O)O)c1. The Morgan fingerprint density at radius 2 is 2.16 bits per heavy atom. The predicted octanol–water partition coefficient (Wildman–Crippen LogP) is -0.737. The summed E-state index contributed by atoms with van der Waals surface area (Å²) in [5, 5.41) is 21.2. The smallest absolute Gasteiger partial charge is 0.325 e. The topological polar surface area (TPSA) is 122 Å². The first-order valence-corrected chi connectivity index (χ1v) is 7.12. The van der Waals surface area contributed by atoms with Crippen molar-refractivity contribution in [3.63, 3.8) is 0 Å². The molecule has 0 aromatic carbocycles. The summed E-state index contributed by atoms with van der Waals surface area (Å²) in [6.45, 7) is 2.81. The molecule has 1 heterocycles. The van der Waals surface area contributed by atoms with Gasteiger partial charge >= 0.3 is 5.97 Å². The van der Waals surface area contributed by atoms with E-state index in [1.807, 2.05) is 0 Å². The van der Waals surface area contributed by atoms with E-state index in [0.29, 0.717) is 0 Å². The van der Waals surface area contributed by atoms with Gasteiger partial charge in [0.1, 0.15) is 11.4 Å². The fourth-order valence-electron chi connectivity index (χ4n) is 1.30. The zero-order chi connectivity index (χ0) is 14.6. The van der Waals surface area contributed by atoms with E-state index in [2.05, 4.69) is 9.82 Å². The third-order valence-corrected chi connectivity index (χ3v) is 4.21. The number of rotatable bonds is 7. The van der Waals surface area contributed by atoms with Gasteiger partial charge in [-0.25, -0.2) is 13.1 Å². The van der Waals surface area contributed by atoms with Gasteiger partial charge in [-0.15, -0.1) is 0 Å². The first kappa shape index (κ1) is 15.6. The van der Waals surface area contributed by atoms with E-state index < -0.39 is 28.6 Å². The van der Waals surface area contributed by atoms with Crippen LogP contribution in [0.2, 0.25) is 0 Å². The van der Waals surface area contributed by atoms with Gasteiger partial charge in [0, 0.05) is 18.8 Å². The summed E-state index contributed by atoms with van der Waals surface area (Å²) in [5.41, 5.74) is 0. The van der Waals surface area contributed by atoms with Crippen LogP contribution in [0, 0.1) is 5.92 Å². The molecular weight excluding hydrogens is 274 g/mol. The average molecular weight is 291 g/mol. The number of carboxylic acids is 1. The van der Waals surface area contributed by atoms with Crippen molar-refractivity contribution in [3.05, 3.63) is 12.4 Å². The van der Waals surface area contributed by atoms with Crippen molar-refractivity contribution in [2.45, 2.75) is 31.3 Å². The van der Waals surface area contributed by atoms with Crippen LogP contribution in [0.3, 0.4) is 0 Å². The maximum Gasteiger partial charge on any atom is 0.325 e. The van der Waals surface area contributed by atoms with Crippen molar-refractivity contribution >= 4 is 16.0 Å². The van der Waals surface area contributed by atoms with Crippen molar-refractivity contribution < 1.29 is 23.4 Å². The van der Waals surface area contributed by atoms with Gasteiger partial charge in [0.05, 0.1) is 6.20 Å². The minimum Gasteiger partial charge on any atom is -0.480 e. The van der Waals surface area contributed by atoms with Gasteiger partial charge in [-0.2, -0.15) is 5.10 Å². The van der Waals surface area contributed by atoms with Gasteiger partial charge < -0.3 is 10.2 Å². The van der Waals surface area contributed by atoms with Gasteiger partial charge in [-0.05, 0) is 12.8 Å². The molecule has 19 heavy (non-hydrogen) atoms. The molecule has 0 amide bonds. The molecule has 9 heteroatoms. The first-order valence-electron chi connectivity index (χ1n) is 5.63. The van der Waals surface area contributed by atoms with Crippen LogP contribution < -0.4 is 4.72 Å². The molecule has 0 bridgehead atoms. The van der Waals surface area contributed by atoms with Crippen molar-refractivity contribution in [3.8, 4) is 0 Å². The molecule has 3 N–H and O–H groups in total. The number of carbonyl (C=O) groups is 1. The maximum atomic E-state index is 12.0. The zero-order valence-electron chi connectivity index (χ0n) is 10.6. The quantitative estimate of drug-likeness (QED) is 0.608. The number of nitrogens with one attached hydrogen (secondary N) is 1. The Hall–Kier alpha value is -1.45. The van der Waals surface area contributed by atoms with Crippen LogP contribution in [0.5, 0.6) is 0 Å². The van der Waals surface area contributed by atoms with Crippen molar-refractivity contribution in [1.29, 1.82) is 0 Å². The van der Waals surface area contributed by atoms with Crippen LogP contribution in [0.25, 0.3) is 0 Å². The van der Waals surface area contributed by atoms with Crippen LogP contribution in [0.15, 0.2) is 17.3 Å². The summed E-state index contributed by atoms with van der Waals surface area (Å²) in [5.74, 6) is -1.34. The summed E-state index contributed by atoms with van der Waals surface area (Å²) < 4.78 is 27.4. The lowest BCUT2D eigenvalue weighted by Gasteiger charge is -2.18. The highest BCUT2D eigenvalue weighted by Crippen LogP contribution is 2.10. The molecule has 0 saturated carbocycles. The summed E-state index contributed by atoms with van der Waals surface area (Å²) in [6.07, 6.45) is 2.23. The van der Waals surface area contributed by atoms with Crippen LogP contribution in [-0.2, 0) is 21.4 Å². The Labute approximate surface area is 111 Å². The lowest BCUT2D eigenvalue weighted by Crippen LogP contribution is -2.38. The number of aliphatic hydroxyl groups is 1. The Kier molecular flexibility index (Phi) is 5.04. The lowest BCUT2D eigenvalue weighted by molar-refractivity contribution is -0.137. The van der Waals surface area contributed by atoms with Gasteiger partial charge in [-0.1, -0.05) is 6.92 Å². The lowest BCUT2D eigenvalue weighted by atomic mass is 10.1. The summed E-state index contributed by atoms with van der Waals surface area (Å²) in [6, 6.07) is -0.446. The molecule has 0 aliphatic heterocycles. The second-order valence-electron chi connectivity index (χ2n) is 4.34. The number of hydrogen-bond acceptors (Lipinski definition) is 5. The molecule has 2 unspecified atom stereocenters. The van der Waals surface area contributed by atoms with Crippen LogP contribution >= 0.6 is 0 Å². The number of carboxylic acid groups (broad SMARTS) is 1. The molecule has 8 nitrogen and oxygen atoms in total. The van der Waals surface area contributed by atoms with Crippen molar-refractivity contribution in [2.75, 3.05) is 6.61 Å². The van der Waals surface area contributed by atoms with Crippen molar-refractivity contribution in [2.24, 2.45) is 5.92 Å². The molecule has 1 aromatic heterocycles. The molecule has 108 valence electrons. The third kappa shape index (κ3) is 4.30. The Morgan fingerprint density at radius 3 is 2.68 bits per heavy atom. The molecule has 2 atom stereocenters. The fraction of sp³-hybridized carbons (Fsp3) is 0.600. The second kappa shape index (κ2) is 6.13. The van der Waals surface area contributed by atoms with E-state index in [4.69, 9.17) is 10.2 Å². The minimum absolute atomic E-state index is 0.106. The first-order chi connectivity index (χ1) is 8.76. The van der Waals surface area contributed by atoms with Crippen LogP contribution in [-0.4, -0.2) is 47.0 Å². The van der Waals surface area contributed by atoms with E-state index in [0.717, 1.165) is 17.1 Å². The average Bonchev–Trinajstić information content (AvgIpc) is 2.75. The number of nitrogens with zero attached hydrogens (tertiary/aromatic N) is 2. The number of aliphatic hydroxyl groups excluding tert-OH is 1. The molecule has 0 fully saturated rings. The maximum absolute atomic E-state index is 12.0. The summed E-state index contributed by atoms with van der Waals surface area (Å²) >= 11 is 0. The molecule has 1 aromatic rings. The predicted molar refractivity (Wildman–Crippen MR) is 65.9 cm³/mol. The van der Waals surface area contributed by atoms with E-state index in [1.165, 1.54) is 0 Å². The molecule has 0 aliphatic carbocycles. The van der Waals surface area contributed by atoms with Crippen LogP contribution in [0.1, 0.15) is 13.8 Å². The largest absolute Gasteiger partial charge is 0.480 e. The zero-order valence-corrected chi connectivity index (χ0v) is 11.5. The highest BCUT2D eigenvalue weighted by molar-refractivity contribution is 7.89. The third-order valence-electron chi connectivity index (χ3n) is 2.70. The summed E-state index contributed by atoms with van der Waals surface area (Å²) in [4.78, 5) is 10.4. The number of sulfonamides is 1. The fourth-order valence-corrected chi connectivity index (χ4v) is 2.60. The monoisotopic (exact) mass is 291 g/mol. The molecule has 0 spiro atoms. The number of aliphatic carboxylic acids is 1. The molecular formula is C10H17N3O5S. The standard InChI is InChI=1S/C10H17N3O5S/c1-7(6-14)8(2)12-19(17,18)9-3-11-13(4-9)5-10(15)16/h3-4,7-8,12,14H,5-6H2,1-2H3,(H,15,16). The highest BCUT2D eigenvalue weighted by atomic mass is 32.2. The molecule has 0 aliphatic rings. The van der Waals surface area contributed by atoms with Gasteiger partial charge in [-0.3, -0.25) is 9.48 Å². The summed E-state index contributed by atoms with van der Waals surface area (Å²) in [7, 11) is -3.77. The Balaban J connectivity index is 2.83. The van der Waals surface area contributed by atoms with E-state index in [9.17, 15) is 13.2 Å². The second-order valence-corrected chi connectivity index (χ2v) is 6.05. The van der Waals surface area contributed by atoms with Gasteiger partial charge in [0.15, 0.2) is 0 Å². The Bertz CT molecular complexity index is 539. The van der Waals surface area contributed by atoms with Crippen LogP contribution in [0.4, 0.5) is 0 Å². The van der Waals surface area contributed by atoms with E-state index in [-0.39, 0.29) is 17.4 Å². The van der Waals surface area contributed by atoms with Gasteiger partial charge in [0.2, 0.25) is 10.0 Å². The molecule has 0 saturated heterocycles. The number of aromatic nitrogens is 2. The van der Waals surface area contributed by atoms with E-state index in [1.54, 1.807) is 13.8 Å². The Morgan fingerprint density at radius 1 is 1.53 bits per heavy atom. The molecule has 0 radical (unpaired) electrons. The number of hydrogen-bond donors (Lipinski definition) is 3. The van der Waals surface area contributed by atoms with E-state index >= 15 is 0 Å². The van der Waals surface area contributed by atoms with Crippen molar-refractivity contribution in [1.82, 2.24) is 14.5 Å². The normalized spacial score (nSPS) is 15.1. The minimum atomic E-state index is -3.77. The van der Waals surface area contributed by atoms with Gasteiger partial charge in [0.25, 0.3) is 0 Å². The molecule has 1 rings (SSSR count).